The molecule has 4 heteroatoms. The number of aromatic nitrogens is 1. The molecule has 0 fully saturated rings. The molecule has 90 valence electrons. The van der Waals surface area contributed by atoms with E-state index in [1.807, 2.05) is 24.3 Å². The van der Waals surface area contributed by atoms with Crippen LogP contribution in [0, 0.1) is 0 Å². The van der Waals surface area contributed by atoms with Gasteiger partial charge in [-0.3, -0.25) is 4.98 Å². The Bertz CT molecular complexity index is 689. The van der Waals surface area contributed by atoms with E-state index in [9.17, 15) is 0 Å². The van der Waals surface area contributed by atoms with Gasteiger partial charge in [-0.1, -0.05) is 23.7 Å². The van der Waals surface area contributed by atoms with Crippen LogP contribution < -0.4 is 4.74 Å². The summed E-state index contributed by atoms with van der Waals surface area (Å²) in [6.45, 7) is 0. The normalized spacial score (nSPS) is 10.8. The summed E-state index contributed by atoms with van der Waals surface area (Å²) in [5, 5.41) is 0.568. The highest BCUT2D eigenvalue weighted by Gasteiger charge is 2.09. The summed E-state index contributed by atoms with van der Waals surface area (Å²) in [6, 6.07) is 9.52. The van der Waals surface area contributed by atoms with Crippen LogP contribution >= 0.6 is 11.6 Å². The van der Waals surface area contributed by atoms with Crippen molar-refractivity contribution in [3.8, 4) is 16.9 Å². The van der Waals surface area contributed by atoms with Crippen LogP contribution in [0.1, 0.15) is 0 Å². The van der Waals surface area contributed by atoms with E-state index in [4.69, 9.17) is 20.8 Å². The molecule has 3 rings (SSSR count). The predicted octanol–water partition coefficient (Wildman–Crippen LogP) is 4.16. The van der Waals surface area contributed by atoms with Crippen molar-refractivity contribution in [3.05, 3.63) is 47.8 Å². The smallest absolute Gasteiger partial charge is 0.154 e. The van der Waals surface area contributed by atoms with E-state index in [2.05, 4.69) is 4.98 Å². The van der Waals surface area contributed by atoms with Gasteiger partial charge in [0.2, 0.25) is 0 Å². The van der Waals surface area contributed by atoms with Crippen LogP contribution in [0.5, 0.6) is 5.75 Å². The fourth-order valence-corrected chi connectivity index (χ4v) is 2.01. The molecule has 0 spiro atoms. The molecule has 0 aliphatic rings. The van der Waals surface area contributed by atoms with Crippen LogP contribution in [0.3, 0.4) is 0 Å². The molecule has 2 aromatic heterocycles. The quantitative estimate of drug-likeness (QED) is 0.693. The van der Waals surface area contributed by atoms with Crippen molar-refractivity contribution in [3.63, 3.8) is 0 Å². The third-order valence-electron chi connectivity index (χ3n) is 2.78. The molecule has 0 saturated heterocycles. The number of benzene rings is 1. The number of methoxy groups -OCH3 is 1. The second-order valence-corrected chi connectivity index (χ2v) is 4.31. The van der Waals surface area contributed by atoms with Gasteiger partial charge in [0.05, 0.1) is 12.1 Å². The minimum atomic E-state index is 0.568. The Morgan fingerprint density at radius 2 is 2.00 bits per heavy atom. The summed E-state index contributed by atoms with van der Waals surface area (Å²) in [5.41, 5.74) is 3.48. The highest BCUT2D eigenvalue weighted by atomic mass is 35.5. The maximum Gasteiger partial charge on any atom is 0.154 e. The van der Waals surface area contributed by atoms with E-state index in [1.54, 1.807) is 25.6 Å². The van der Waals surface area contributed by atoms with Crippen LogP contribution in [-0.2, 0) is 0 Å². The van der Waals surface area contributed by atoms with E-state index in [0.29, 0.717) is 10.6 Å². The Hall–Kier alpha value is -2.00. The maximum atomic E-state index is 5.87. The second kappa shape index (κ2) is 4.35. The van der Waals surface area contributed by atoms with Gasteiger partial charge in [0, 0.05) is 17.8 Å². The first-order chi connectivity index (χ1) is 8.78. The van der Waals surface area contributed by atoms with Crippen LogP contribution in [0.25, 0.3) is 22.2 Å². The third kappa shape index (κ3) is 1.83. The Kier molecular flexibility index (Phi) is 2.68. The van der Waals surface area contributed by atoms with Gasteiger partial charge in [-0.2, -0.15) is 0 Å². The Morgan fingerprint density at radius 3 is 2.72 bits per heavy atom. The van der Waals surface area contributed by atoms with E-state index in [0.717, 1.165) is 22.4 Å². The molecule has 3 aromatic rings. The molecule has 0 N–H and O–H groups in total. The number of halogens is 1. The van der Waals surface area contributed by atoms with Crippen LogP contribution in [0.4, 0.5) is 0 Å². The highest BCUT2D eigenvalue weighted by Crippen LogP contribution is 2.31. The molecule has 0 saturated carbocycles. The lowest BCUT2D eigenvalue weighted by molar-refractivity contribution is 0.415. The van der Waals surface area contributed by atoms with Crippen molar-refractivity contribution in [2.75, 3.05) is 7.11 Å². The van der Waals surface area contributed by atoms with Crippen LogP contribution in [-0.4, -0.2) is 12.1 Å². The lowest BCUT2D eigenvalue weighted by atomic mass is 10.1. The zero-order valence-corrected chi connectivity index (χ0v) is 10.4. The Balaban J connectivity index is 2.13. The molecule has 0 amide bonds. The number of rotatable bonds is 2. The van der Waals surface area contributed by atoms with Gasteiger partial charge in [0.1, 0.15) is 17.5 Å². The van der Waals surface area contributed by atoms with Crippen molar-refractivity contribution < 1.29 is 9.15 Å². The first-order valence-electron chi connectivity index (χ1n) is 5.45. The Morgan fingerprint density at radius 1 is 1.22 bits per heavy atom. The average Bonchev–Trinajstić information content (AvgIpc) is 2.81. The van der Waals surface area contributed by atoms with E-state index in [-0.39, 0.29) is 0 Å². The van der Waals surface area contributed by atoms with Crippen molar-refractivity contribution in [2.45, 2.75) is 0 Å². The average molecular weight is 260 g/mol. The van der Waals surface area contributed by atoms with Gasteiger partial charge < -0.3 is 9.15 Å². The lowest BCUT2D eigenvalue weighted by Crippen LogP contribution is -1.83. The van der Waals surface area contributed by atoms with Crippen molar-refractivity contribution in [2.24, 2.45) is 0 Å². The number of furan rings is 1. The zero-order chi connectivity index (χ0) is 12.5. The summed E-state index contributed by atoms with van der Waals surface area (Å²) in [6.07, 6.45) is 3.31. The number of hydrogen-bond donors (Lipinski definition) is 0. The molecule has 0 aliphatic carbocycles. The van der Waals surface area contributed by atoms with Gasteiger partial charge in [-0.05, 0) is 17.7 Å². The van der Waals surface area contributed by atoms with Gasteiger partial charge in [-0.15, -0.1) is 0 Å². The third-order valence-corrected chi connectivity index (χ3v) is 2.99. The van der Waals surface area contributed by atoms with Gasteiger partial charge in [0.15, 0.2) is 5.58 Å². The molecular formula is C14H10ClNO2. The first-order valence-corrected chi connectivity index (χ1v) is 5.83. The molecule has 2 heterocycles. The largest absolute Gasteiger partial charge is 0.497 e. The number of fused-ring (bicyclic) bond motifs is 1. The summed E-state index contributed by atoms with van der Waals surface area (Å²) in [5.74, 6) is 0.822. The Labute approximate surface area is 109 Å². The standard InChI is InChI=1S/C14H10ClNO2/c1-17-11-4-2-9(3-5-11)12-8-18-13-6-10(15)7-16-14(12)13/h2-8H,1H3. The molecule has 0 atom stereocenters. The number of pyridine rings is 1. The van der Waals surface area contributed by atoms with Crippen molar-refractivity contribution >= 4 is 22.7 Å². The summed E-state index contributed by atoms with van der Waals surface area (Å²) in [4.78, 5) is 4.30. The minimum absolute atomic E-state index is 0.568. The van der Waals surface area contributed by atoms with E-state index >= 15 is 0 Å². The van der Waals surface area contributed by atoms with Crippen LogP contribution in [0.2, 0.25) is 5.02 Å². The SMILES string of the molecule is COc1ccc(-c2coc3cc(Cl)cnc23)cc1. The number of ether oxygens (including phenoxy) is 1. The lowest BCUT2D eigenvalue weighted by Gasteiger charge is -2.01. The maximum absolute atomic E-state index is 5.87. The monoisotopic (exact) mass is 259 g/mol. The predicted molar refractivity (Wildman–Crippen MR) is 71.0 cm³/mol. The molecule has 0 unspecified atom stereocenters. The highest BCUT2D eigenvalue weighted by molar-refractivity contribution is 6.31. The van der Waals surface area contributed by atoms with Gasteiger partial charge in [0.25, 0.3) is 0 Å². The van der Waals surface area contributed by atoms with Gasteiger partial charge in [-0.25, -0.2) is 0 Å². The topological polar surface area (TPSA) is 35.3 Å². The summed E-state index contributed by atoms with van der Waals surface area (Å²) < 4.78 is 10.6. The molecule has 18 heavy (non-hydrogen) atoms. The molecule has 0 bridgehead atoms. The fourth-order valence-electron chi connectivity index (χ4n) is 1.87. The summed E-state index contributed by atoms with van der Waals surface area (Å²) >= 11 is 5.87. The minimum Gasteiger partial charge on any atom is -0.497 e. The molecule has 0 aliphatic heterocycles. The van der Waals surface area contributed by atoms with Gasteiger partial charge >= 0.3 is 0 Å². The van der Waals surface area contributed by atoms with E-state index in [1.165, 1.54) is 0 Å². The summed E-state index contributed by atoms with van der Waals surface area (Å²) in [7, 11) is 1.64. The molecular weight excluding hydrogens is 250 g/mol. The number of nitrogens with zero attached hydrogens (tertiary/aromatic N) is 1. The molecule has 3 nitrogen and oxygen atoms in total. The number of hydrogen-bond acceptors (Lipinski definition) is 3. The first kappa shape index (κ1) is 11.1. The molecule has 0 radical (unpaired) electrons. The van der Waals surface area contributed by atoms with Crippen molar-refractivity contribution in [1.29, 1.82) is 0 Å². The van der Waals surface area contributed by atoms with Crippen molar-refractivity contribution in [1.82, 2.24) is 4.98 Å². The molecule has 1 aromatic carbocycles. The second-order valence-electron chi connectivity index (χ2n) is 3.88. The van der Waals surface area contributed by atoms with Crippen LogP contribution in [0.15, 0.2) is 47.2 Å². The fraction of sp³-hybridized carbons (Fsp3) is 0.0714. The van der Waals surface area contributed by atoms with E-state index < -0.39 is 0 Å². The zero-order valence-electron chi connectivity index (χ0n) is 9.68.